The van der Waals surface area contributed by atoms with Gasteiger partial charge in [-0.1, -0.05) is 43.7 Å². The summed E-state index contributed by atoms with van der Waals surface area (Å²) < 4.78 is 0. The molecule has 1 aromatic rings. The average Bonchev–Trinajstić information content (AvgIpc) is 2.81. The molecule has 1 aliphatic carbocycles. The van der Waals surface area contributed by atoms with Crippen LogP contribution in [0.2, 0.25) is 0 Å². The van der Waals surface area contributed by atoms with E-state index in [2.05, 4.69) is 31.2 Å². The molecule has 0 aromatic heterocycles. The largest absolute Gasteiger partial charge is 0.321 e. The van der Waals surface area contributed by atoms with E-state index in [1.807, 2.05) is 6.07 Å². The van der Waals surface area contributed by atoms with Crippen molar-refractivity contribution in [3.63, 3.8) is 0 Å². The van der Waals surface area contributed by atoms with E-state index >= 15 is 0 Å². The first-order valence-electron chi connectivity index (χ1n) is 4.62. The molecule has 0 heterocycles. The summed E-state index contributed by atoms with van der Waals surface area (Å²) in [6, 6.07) is 10.4. The Labute approximate surface area is 73.6 Å². The highest BCUT2D eigenvalue weighted by Gasteiger charge is 2.50. The van der Waals surface area contributed by atoms with Crippen molar-refractivity contribution in [1.29, 1.82) is 0 Å². The van der Waals surface area contributed by atoms with Gasteiger partial charge in [-0.15, -0.1) is 0 Å². The first-order valence-corrected chi connectivity index (χ1v) is 4.62. The summed E-state index contributed by atoms with van der Waals surface area (Å²) in [5, 5.41) is 0. The minimum Gasteiger partial charge on any atom is -0.321 e. The van der Waals surface area contributed by atoms with Gasteiger partial charge in [-0.05, 0) is 17.9 Å². The van der Waals surface area contributed by atoms with Crippen molar-refractivity contribution < 1.29 is 0 Å². The standard InChI is InChI=1S/C11H15N/c1-2-9-8-11(9,12)10-6-4-3-5-7-10/h3-7,9H,2,8,12H2,1H3. The van der Waals surface area contributed by atoms with Gasteiger partial charge < -0.3 is 5.73 Å². The SMILES string of the molecule is CCC1CC1(N)c1ccccc1. The molecule has 2 rings (SSSR count). The van der Waals surface area contributed by atoms with E-state index in [-0.39, 0.29) is 5.54 Å². The fourth-order valence-electron chi connectivity index (χ4n) is 1.96. The molecule has 0 amide bonds. The summed E-state index contributed by atoms with van der Waals surface area (Å²) in [4.78, 5) is 0. The van der Waals surface area contributed by atoms with E-state index < -0.39 is 0 Å². The van der Waals surface area contributed by atoms with E-state index in [1.54, 1.807) is 0 Å². The summed E-state index contributed by atoms with van der Waals surface area (Å²) in [6.07, 6.45) is 2.36. The maximum atomic E-state index is 6.22. The lowest BCUT2D eigenvalue weighted by Gasteiger charge is -2.10. The molecular weight excluding hydrogens is 146 g/mol. The molecule has 0 bridgehead atoms. The van der Waals surface area contributed by atoms with Gasteiger partial charge in [0.15, 0.2) is 0 Å². The number of nitrogens with two attached hydrogens (primary N) is 1. The van der Waals surface area contributed by atoms with E-state index in [0.717, 1.165) is 6.42 Å². The lowest BCUT2D eigenvalue weighted by Crippen LogP contribution is -2.21. The minimum atomic E-state index is 0.00993. The van der Waals surface area contributed by atoms with Crippen LogP contribution in [-0.2, 0) is 5.54 Å². The first kappa shape index (κ1) is 7.81. The van der Waals surface area contributed by atoms with Crippen LogP contribution in [0.5, 0.6) is 0 Å². The van der Waals surface area contributed by atoms with Crippen LogP contribution >= 0.6 is 0 Å². The number of hydrogen-bond donors (Lipinski definition) is 1. The van der Waals surface area contributed by atoms with Crippen molar-refractivity contribution in [2.24, 2.45) is 11.7 Å². The first-order chi connectivity index (χ1) is 5.77. The second-order valence-corrected chi connectivity index (χ2v) is 3.72. The molecular formula is C11H15N. The zero-order chi connectivity index (χ0) is 8.60. The van der Waals surface area contributed by atoms with Gasteiger partial charge in [-0.3, -0.25) is 0 Å². The highest BCUT2D eigenvalue weighted by Crippen LogP contribution is 2.51. The molecule has 0 radical (unpaired) electrons. The Morgan fingerprint density at radius 3 is 2.58 bits per heavy atom. The zero-order valence-corrected chi connectivity index (χ0v) is 7.46. The fraction of sp³-hybridized carbons (Fsp3) is 0.455. The van der Waals surface area contributed by atoms with Crippen LogP contribution in [0.4, 0.5) is 0 Å². The number of benzene rings is 1. The van der Waals surface area contributed by atoms with Crippen LogP contribution in [0.1, 0.15) is 25.3 Å². The smallest absolute Gasteiger partial charge is 0.0442 e. The molecule has 1 saturated carbocycles. The van der Waals surface area contributed by atoms with Gasteiger partial charge in [0.25, 0.3) is 0 Å². The highest BCUT2D eigenvalue weighted by atomic mass is 14.9. The third kappa shape index (κ3) is 1.05. The normalized spacial score (nSPS) is 33.3. The molecule has 1 fully saturated rings. The van der Waals surface area contributed by atoms with Crippen LogP contribution < -0.4 is 5.73 Å². The van der Waals surface area contributed by atoms with Crippen molar-refractivity contribution in [1.82, 2.24) is 0 Å². The fourth-order valence-corrected chi connectivity index (χ4v) is 1.96. The topological polar surface area (TPSA) is 26.0 Å². The van der Waals surface area contributed by atoms with E-state index in [0.29, 0.717) is 5.92 Å². The van der Waals surface area contributed by atoms with Gasteiger partial charge in [0.05, 0.1) is 0 Å². The second-order valence-electron chi connectivity index (χ2n) is 3.72. The summed E-state index contributed by atoms with van der Waals surface area (Å²) in [5.41, 5.74) is 7.54. The van der Waals surface area contributed by atoms with Crippen LogP contribution in [-0.4, -0.2) is 0 Å². The summed E-state index contributed by atoms with van der Waals surface area (Å²) in [6.45, 7) is 2.21. The zero-order valence-electron chi connectivity index (χ0n) is 7.46. The molecule has 12 heavy (non-hydrogen) atoms. The maximum Gasteiger partial charge on any atom is 0.0442 e. The van der Waals surface area contributed by atoms with Gasteiger partial charge >= 0.3 is 0 Å². The lowest BCUT2D eigenvalue weighted by atomic mass is 10.0. The summed E-state index contributed by atoms with van der Waals surface area (Å²) in [5.74, 6) is 0.708. The Balaban J connectivity index is 2.23. The van der Waals surface area contributed by atoms with Crippen LogP contribution in [0.15, 0.2) is 30.3 Å². The Hall–Kier alpha value is -0.820. The van der Waals surface area contributed by atoms with Gasteiger partial charge in [-0.2, -0.15) is 0 Å². The van der Waals surface area contributed by atoms with Crippen LogP contribution in [0, 0.1) is 5.92 Å². The minimum absolute atomic E-state index is 0.00993. The molecule has 0 saturated heterocycles. The van der Waals surface area contributed by atoms with Gasteiger partial charge in [-0.25, -0.2) is 0 Å². The van der Waals surface area contributed by atoms with Gasteiger partial charge in [0.1, 0.15) is 0 Å². The number of hydrogen-bond acceptors (Lipinski definition) is 1. The van der Waals surface area contributed by atoms with Crippen molar-refractivity contribution >= 4 is 0 Å². The van der Waals surface area contributed by atoms with E-state index in [1.165, 1.54) is 12.0 Å². The number of rotatable bonds is 2. The Kier molecular flexibility index (Phi) is 1.69. The predicted molar refractivity (Wildman–Crippen MR) is 50.7 cm³/mol. The predicted octanol–water partition coefficient (Wildman–Crippen LogP) is 2.27. The van der Waals surface area contributed by atoms with Crippen molar-refractivity contribution in [3.8, 4) is 0 Å². The van der Waals surface area contributed by atoms with Crippen LogP contribution in [0.3, 0.4) is 0 Å². The molecule has 2 atom stereocenters. The lowest BCUT2D eigenvalue weighted by molar-refractivity contribution is 0.615. The Bertz CT molecular complexity index is 268. The van der Waals surface area contributed by atoms with Crippen molar-refractivity contribution in [3.05, 3.63) is 35.9 Å². The quantitative estimate of drug-likeness (QED) is 0.707. The second kappa shape index (κ2) is 2.60. The monoisotopic (exact) mass is 161 g/mol. The highest BCUT2D eigenvalue weighted by molar-refractivity contribution is 5.31. The average molecular weight is 161 g/mol. The summed E-state index contributed by atoms with van der Waals surface area (Å²) in [7, 11) is 0. The molecule has 1 heteroatoms. The third-order valence-corrected chi connectivity index (χ3v) is 2.96. The van der Waals surface area contributed by atoms with E-state index in [9.17, 15) is 0 Å². The molecule has 1 aliphatic rings. The molecule has 2 unspecified atom stereocenters. The molecule has 2 N–H and O–H groups in total. The van der Waals surface area contributed by atoms with Crippen LogP contribution in [0.25, 0.3) is 0 Å². The Morgan fingerprint density at radius 2 is 2.08 bits per heavy atom. The van der Waals surface area contributed by atoms with Gasteiger partial charge in [0, 0.05) is 5.54 Å². The molecule has 1 aromatic carbocycles. The van der Waals surface area contributed by atoms with Gasteiger partial charge in [0.2, 0.25) is 0 Å². The Morgan fingerprint density at radius 1 is 1.42 bits per heavy atom. The van der Waals surface area contributed by atoms with E-state index in [4.69, 9.17) is 5.73 Å². The molecule has 0 aliphatic heterocycles. The molecule has 64 valence electrons. The maximum absolute atomic E-state index is 6.22. The van der Waals surface area contributed by atoms with Crippen molar-refractivity contribution in [2.75, 3.05) is 0 Å². The molecule has 1 nitrogen and oxygen atoms in total. The molecule has 0 spiro atoms. The summed E-state index contributed by atoms with van der Waals surface area (Å²) >= 11 is 0. The van der Waals surface area contributed by atoms with Crippen molar-refractivity contribution in [2.45, 2.75) is 25.3 Å². The third-order valence-electron chi connectivity index (χ3n) is 2.96.